The summed E-state index contributed by atoms with van der Waals surface area (Å²) in [6.07, 6.45) is 11.5. The second-order valence-electron chi connectivity index (χ2n) is 12.0. The number of hydrogen-bond donors (Lipinski definition) is 0. The minimum atomic E-state index is 0.113. The number of carbonyl (C=O) groups is 1. The fourth-order valence-corrected chi connectivity index (χ4v) is 6.58. The Balaban J connectivity index is 0.894. The third-order valence-electron chi connectivity index (χ3n) is 9.04. The zero-order valence-corrected chi connectivity index (χ0v) is 24.6. The van der Waals surface area contributed by atoms with Gasteiger partial charge in [-0.25, -0.2) is 0 Å². The Morgan fingerprint density at radius 1 is 0.854 bits per heavy atom. The quantitative estimate of drug-likeness (QED) is 0.240. The van der Waals surface area contributed by atoms with Crippen molar-refractivity contribution in [1.29, 1.82) is 0 Å². The van der Waals surface area contributed by atoms with Gasteiger partial charge in [0.05, 0.1) is 23.9 Å². The first-order chi connectivity index (χ1) is 20.2. The van der Waals surface area contributed by atoms with Gasteiger partial charge in [0.1, 0.15) is 5.75 Å². The monoisotopic (exact) mass is 552 g/mol. The third kappa shape index (κ3) is 6.59. The van der Waals surface area contributed by atoms with Crippen molar-refractivity contribution < 1.29 is 9.53 Å². The summed E-state index contributed by atoms with van der Waals surface area (Å²) in [5.74, 6) is 1.05. The van der Waals surface area contributed by atoms with Crippen molar-refractivity contribution in [2.24, 2.45) is 4.99 Å². The number of rotatable bonds is 11. The number of unbranched alkanes of at least 4 members (excludes halogenated alkanes) is 5. The molecule has 3 heterocycles. The largest absolute Gasteiger partial charge is 0.493 e. The number of aliphatic imine (C=N–C) groups is 1. The highest BCUT2D eigenvalue weighted by molar-refractivity contribution is 6.06. The van der Waals surface area contributed by atoms with Crippen LogP contribution in [0.2, 0.25) is 0 Å². The maximum Gasteiger partial charge on any atom is 0.256 e. The first kappa shape index (κ1) is 27.8. The van der Waals surface area contributed by atoms with Gasteiger partial charge in [0.15, 0.2) is 0 Å². The number of benzene rings is 3. The summed E-state index contributed by atoms with van der Waals surface area (Å²) in [7, 11) is 0. The molecule has 2 saturated heterocycles. The number of para-hydroxylation sites is 1. The van der Waals surface area contributed by atoms with E-state index in [2.05, 4.69) is 65.3 Å². The summed E-state index contributed by atoms with van der Waals surface area (Å²) in [6, 6.07) is 19.3. The summed E-state index contributed by atoms with van der Waals surface area (Å²) in [4.78, 5) is 25.0. The number of aryl methyl sites for hydroxylation is 1. The zero-order valence-electron chi connectivity index (χ0n) is 24.6. The van der Waals surface area contributed by atoms with E-state index in [1.807, 2.05) is 17.2 Å². The van der Waals surface area contributed by atoms with Crippen molar-refractivity contribution in [3.8, 4) is 5.75 Å². The van der Waals surface area contributed by atoms with Gasteiger partial charge in [-0.15, -0.1) is 0 Å². The van der Waals surface area contributed by atoms with Crippen LogP contribution in [0, 0.1) is 6.92 Å². The Morgan fingerprint density at radius 2 is 1.61 bits per heavy atom. The van der Waals surface area contributed by atoms with Gasteiger partial charge in [-0.05, 0) is 91.9 Å². The molecule has 3 aromatic rings. The molecule has 0 aromatic heterocycles. The maximum atomic E-state index is 13.1. The lowest BCUT2D eigenvalue weighted by Crippen LogP contribution is -2.46. The van der Waals surface area contributed by atoms with E-state index < -0.39 is 0 Å². The minimum Gasteiger partial charge on any atom is -0.493 e. The second-order valence-corrected chi connectivity index (χ2v) is 12.0. The molecule has 6 nitrogen and oxygen atoms in total. The number of ether oxygens (including phenoxy) is 1. The Morgan fingerprint density at radius 3 is 2.44 bits per heavy atom. The van der Waals surface area contributed by atoms with Crippen LogP contribution >= 0.6 is 0 Å². The van der Waals surface area contributed by atoms with Gasteiger partial charge in [0.25, 0.3) is 5.91 Å². The predicted octanol–water partition coefficient (Wildman–Crippen LogP) is 7.01. The maximum absolute atomic E-state index is 13.1. The SMILES string of the molecule is Cc1cc2cc3c(cc2cc1OCCCCCCCCN1CCN(c2ccccc2)CC1)N=C[C@@H]1CCCN1C3=O. The fourth-order valence-electron chi connectivity index (χ4n) is 6.58. The molecule has 1 atom stereocenters. The van der Waals surface area contributed by atoms with Crippen LogP contribution in [0.25, 0.3) is 10.8 Å². The van der Waals surface area contributed by atoms with Gasteiger partial charge >= 0.3 is 0 Å². The second kappa shape index (κ2) is 13.1. The highest BCUT2D eigenvalue weighted by Gasteiger charge is 2.31. The highest BCUT2D eigenvalue weighted by Crippen LogP contribution is 2.35. The molecule has 6 rings (SSSR count). The summed E-state index contributed by atoms with van der Waals surface area (Å²) in [6.45, 7) is 9.51. The molecule has 216 valence electrons. The van der Waals surface area contributed by atoms with Gasteiger partial charge in [-0.1, -0.05) is 43.9 Å². The first-order valence-corrected chi connectivity index (χ1v) is 15.7. The number of fused-ring (bicyclic) bond motifs is 3. The van der Waals surface area contributed by atoms with E-state index >= 15 is 0 Å². The van der Waals surface area contributed by atoms with Gasteiger partial charge in [0, 0.05) is 44.6 Å². The number of anilines is 1. The molecule has 0 bridgehead atoms. The Hall–Kier alpha value is -3.38. The number of amides is 1. The Bertz CT molecular complexity index is 1360. The molecular weight excluding hydrogens is 508 g/mol. The van der Waals surface area contributed by atoms with E-state index in [0.29, 0.717) is 0 Å². The number of carbonyl (C=O) groups excluding carboxylic acids is 1. The van der Waals surface area contributed by atoms with Crippen molar-refractivity contribution in [1.82, 2.24) is 9.80 Å². The fraction of sp³-hybridized carbons (Fsp3) is 0.486. The van der Waals surface area contributed by atoms with Crippen molar-refractivity contribution >= 4 is 34.3 Å². The molecule has 6 heteroatoms. The van der Waals surface area contributed by atoms with Crippen molar-refractivity contribution in [2.45, 2.75) is 64.3 Å². The lowest BCUT2D eigenvalue weighted by Gasteiger charge is -2.36. The van der Waals surface area contributed by atoms with Crippen LogP contribution in [0.5, 0.6) is 5.75 Å². The number of nitrogens with zero attached hydrogens (tertiary/aromatic N) is 4. The molecule has 0 radical (unpaired) electrons. The molecule has 0 spiro atoms. The molecule has 3 aliphatic rings. The van der Waals surface area contributed by atoms with Gasteiger partial charge in [0.2, 0.25) is 0 Å². The summed E-state index contributed by atoms with van der Waals surface area (Å²) < 4.78 is 6.22. The number of piperazine rings is 1. The van der Waals surface area contributed by atoms with Crippen LogP contribution in [0.3, 0.4) is 0 Å². The van der Waals surface area contributed by atoms with E-state index in [4.69, 9.17) is 9.73 Å². The van der Waals surface area contributed by atoms with Gasteiger partial charge in [-0.3, -0.25) is 14.7 Å². The Kier molecular flexibility index (Phi) is 8.85. The van der Waals surface area contributed by atoms with Crippen molar-refractivity contribution in [3.63, 3.8) is 0 Å². The Labute approximate surface area is 245 Å². The molecule has 0 saturated carbocycles. The molecule has 0 aliphatic carbocycles. The average Bonchev–Trinajstić information content (AvgIpc) is 3.44. The summed E-state index contributed by atoms with van der Waals surface area (Å²) >= 11 is 0. The van der Waals surface area contributed by atoms with Crippen LogP contribution in [0.4, 0.5) is 11.4 Å². The normalized spacial score (nSPS) is 19.0. The van der Waals surface area contributed by atoms with Crippen LogP contribution in [0.1, 0.15) is 67.3 Å². The minimum absolute atomic E-state index is 0.113. The van der Waals surface area contributed by atoms with E-state index in [0.717, 1.165) is 78.8 Å². The van der Waals surface area contributed by atoms with E-state index in [-0.39, 0.29) is 11.9 Å². The molecule has 2 fully saturated rings. The van der Waals surface area contributed by atoms with E-state index in [9.17, 15) is 4.79 Å². The van der Waals surface area contributed by atoms with Crippen molar-refractivity contribution in [2.75, 3.05) is 50.8 Å². The van der Waals surface area contributed by atoms with E-state index in [1.54, 1.807) is 0 Å². The first-order valence-electron chi connectivity index (χ1n) is 15.7. The van der Waals surface area contributed by atoms with E-state index in [1.165, 1.54) is 57.4 Å². The lowest BCUT2D eigenvalue weighted by atomic mass is 10.0. The molecule has 1 amide bonds. The summed E-state index contributed by atoms with van der Waals surface area (Å²) in [5.41, 5.74) is 3.97. The molecule has 3 aromatic carbocycles. The van der Waals surface area contributed by atoms with Crippen LogP contribution in [0.15, 0.2) is 59.6 Å². The third-order valence-corrected chi connectivity index (χ3v) is 9.04. The van der Waals surface area contributed by atoms with Crippen molar-refractivity contribution in [3.05, 3.63) is 65.7 Å². The predicted molar refractivity (Wildman–Crippen MR) is 169 cm³/mol. The lowest BCUT2D eigenvalue weighted by molar-refractivity contribution is 0.0775. The average molecular weight is 553 g/mol. The summed E-state index contributed by atoms with van der Waals surface area (Å²) in [5, 5.41) is 2.16. The van der Waals surface area contributed by atoms with Crippen LogP contribution in [-0.4, -0.2) is 73.8 Å². The van der Waals surface area contributed by atoms with Gasteiger partial charge in [-0.2, -0.15) is 0 Å². The molecule has 0 N–H and O–H groups in total. The molecular formula is C35H44N4O2. The number of hydrogen-bond acceptors (Lipinski definition) is 5. The van der Waals surface area contributed by atoms with Gasteiger partial charge < -0.3 is 14.5 Å². The topological polar surface area (TPSA) is 48.4 Å². The highest BCUT2D eigenvalue weighted by atomic mass is 16.5. The standard InChI is InChI=1S/C35H44N4O2/c1-27-22-28-23-32-33(36-26-31-14-11-16-39(31)35(32)40)24-29(28)25-34(27)41-21-10-5-3-2-4-9-15-37-17-19-38(20-18-37)30-12-7-6-8-13-30/h6-8,12-13,22-26,31H,2-5,9-11,14-21H2,1H3/t31-/m0/s1. The smallest absolute Gasteiger partial charge is 0.256 e. The van der Waals surface area contributed by atoms with Crippen LogP contribution < -0.4 is 9.64 Å². The molecule has 3 aliphatic heterocycles. The zero-order chi connectivity index (χ0) is 28.0. The van der Waals surface area contributed by atoms with Crippen LogP contribution in [-0.2, 0) is 0 Å². The molecule has 41 heavy (non-hydrogen) atoms. The molecule has 0 unspecified atom stereocenters.